The van der Waals surface area contributed by atoms with Gasteiger partial charge in [-0.15, -0.1) is 0 Å². The zero-order valence-corrected chi connectivity index (χ0v) is 20.5. The van der Waals surface area contributed by atoms with Crippen LogP contribution in [0.2, 0.25) is 0 Å². The third-order valence-corrected chi connectivity index (χ3v) is 7.16. The van der Waals surface area contributed by atoms with Gasteiger partial charge in [0.15, 0.2) is 11.4 Å². The van der Waals surface area contributed by atoms with Crippen molar-refractivity contribution in [1.82, 2.24) is 15.2 Å². The van der Waals surface area contributed by atoms with Gasteiger partial charge < -0.3 is 14.6 Å². The number of anilines is 1. The summed E-state index contributed by atoms with van der Waals surface area (Å²) < 4.78 is 5.08. The highest BCUT2D eigenvalue weighted by atomic mass is 16.4. The molecule has 10 nitrogen and oxygen atoms in total. The van der Waals surface area contributed by atoms with Crippen molar-refractivity contribution in [3.8, 4) is 6.07 Å². The maximum atomic E-state index is 12.9. The van der Waals surface area contributed by atoms with Gasteiger partial charge in [0.1, 0.15) is 0 Å². The normalized spacial score (nSPS) is 16.2. The Morgan fingerprint density at radius 1 is 1.14 bits per heavy atom. The van der Waals surface area contributed by atoms with Crippen LogP contribution in [0.25, 0.3) is 11.1 Å². The Morgan fingerprint density at radius 2 is 1.92 bits per heavy atom. The summed E-state index contributed by atoms with van der Waals surface area (Å²) in [5.41, 5.74) is 4.36. The van der Waals surface area contributed by atoms with Crippen molar-refractivity contribution in [2.24, 2.45) is 0 Å². The lowest BCUT2D eigenvalue weighted by molar-refractivity contribution is -0.132. The molecule has 0 bridgehead atoms. The molecule has 0 unspecified atom stereocenters. The van der Waals surface area contributed by atoms with Crippen LogP contribution in [0.5, 0.6) is 0 Å². The average Bonchev–Trinajstić information content (AvgIpc) is 3.20. The van der Waals surface area contributed by atoms with Crippen molar-refractivity contribution >= 4 is 34.5 Å². The number of carbonyl (C=O) groups is 3. The largest absolute Gasteiger partial charge is 0.417 e. The minimum absolute atomic E-state index is 0.0570. The summed E-state index contributed by atoms with van der Waals surface area (Å²) >= 11 is 0. The van der Waals surface area contributed by atoms with Crippen LogP contribution >= 0.6 is 0 Å². The second kappa shape index (κ2) is 9.93. The molecule has 1 aromatic heterocycles. The van der Waals surface area contributed by atoms with Crippen molar-refractivity contribution in [2.75, 3.05) is 24.5 Å². The Morgan fingerprint density at radius 3 is 2.68 bits per heavy atom. The van der Waals surface area contributed by atoms with Gasteiger partial charge in [0.25, 0.3) is 0 Å². The highest BCUT2D eigenvalue weighted by molar-refractivity contribution is 6.00. The van der Waals surface area contributed by atoms with Gasteiger partial charge in [0, 0.05) is 49.8 Å². The predicted molar refractivity (Wildman–Crippen MR) is 135 cm³/mol. The van der Waals surface area contributed by atoms with Crippen LogP contribution in [0.4, 0.5) is 10.5 Å². The monoisotopic (exact) mass is 501 g/mol. The van der Waals surface area contributed by atoms with E-state index in [1.165, 1.54) is 6.07 Å². The summed E-state index contributed by atoms with van der Waals surface area (Å²) in [7, 11) is 0. The molecule has 2 aliphatic rings. The molecule has 1 fully saturated rings. The van der Waals surface area contributed by atoms with E-state index in [0.29, 0.717) is 61.1 Å². The van der Waals surface area contributed by atoms with Crippen LogP contribution in [-0.4, -0.2) is 53.3 Å². The number of H-pyrrole nitrogens is 1. The van der Waals surface area contributed by atoms with Gasteiger partial charge >= 0.3 is 11.8 Å². The van der Waals surface area contributed by atoms with Crippen LogP contribution < -0.4 is 16.0 Å². The van der Waals surface area contributed by atoms with Crippen molar-refractivity contribution in [3.63, 3.8) is 0 Å². The number of aromatic nitrogens is 1. The molecule has 1 saturated heterocycles. The third-order valence-electron chi connectivity index (χ3n) is 7.16. The SMILES string of the molecule is Cc1cc(C(=O)CCC(=O)N2CCC(N3C(=O)NCCc4cc(C#N)ccc43)CC2)cc2oc(=O)[nH]c12. The second-order valence-electron chi connectivity index (χ2n) is 9.52. The van der Waals surface area contributed by atoms with Crippen molar-refractivity contribution < 1.29 is 18.8 Å². The van der Waals surface area contributed by atoms with E-state index in [0.717, 1.165) is 16.8 Å². The summed E-state index contributed by atoms with van der Waals surface area (Å²) in [6, 6.07) is 10.5. The molecule has 2 aliphatic heterocycles. The number of amides is 3. The number of fused-ring (bicyclic) bond motifs is 2. The number of piperidine rings is 1. The van der Waals surface area contributed by atoms with Crippen molar-refractivity contribution in [2.45, 2.75) is 45.1 Å². The minimum atomic E-state index is -0.575. The van der Waals surface area contributed by atoms with Crippen LogP contribution in [0.3, 0.4) is 0 Å². The molecule has 5 rings (SSSR count). The summed E-state index contributed by atoms with van der Waals surface area (Å²) in [6.45, 7) is 3.27. The molecule has 3 amide bonds. The summed E-state index contributed by atoms with van der Waals surface area (Å²) in [6.07, 6.45) is 2.04. The van der Waals surface area contributed by atoms with Crippen LogP contribution in [0, 0.1) is 18.3 Å². The maximum absolute atomic E-state index is 12.9. The number of hydrogen-bond donors (Lipinski definition) is 2. The van der Waals surface area contributed by atoms with Gasteiger partial charge in [0.2, 0.25) is 5.91 Å². The van der Waals surface area contributed by atoms with E-state index in [9.17, 15) is 24.4 Å². The summed E-state index contributed by atoms with van der Waals surface area (Å²) in [5.74, 6) is -0.863. The number of oxazole rings is 1. The first-order chi connectivity index (χ1) is 17.8. The molecule has 2 N–H and O–H groups in total. The number of urea groups is 1. The first-order valence-corrected chi connectivity index (χ1v) is 12.4. The molecule has 0 saturated carbocycles. The molecule has 0 aliphatic carbocycles. The number of hydrogen-bond acceptors (Lipinski definition) is 6. The highest BCUT2D eigenvalue weighted by Crippen LogP contribution is 2.30. The lowest BCUT2D eigenvalue weighted by atomic mass is 9.99. The van der Waals surface area contributed by atoms with Gasteiger partial charge in [-0.25, -0.2) is 9.59 Å². The standard InChI is InChI=1S/C27H27N5O5/c1-16-12-19(14-23-25(16)30-27(36)37-23)22(33)4-5-24(34)31-10-7-20(8-11-31)32-21-3-2-17(15-28)13-18(21)6-9-29-26(32)35/h2-3,12-14,20H,4-11H2,1H3,(H,29,35)(H,30,36). The number of nitriles is 1. The van der Waals surface area contributed by atoms with E-state index in [1.807, 2.05) is 12.1 Å². The molecule has 3 heterocycles. The Kier molecular flexibility index (Phi) is 6.53. The fraction of sp³-hybridized carbons (Fsp3) is 0.370. The zero-order chi connectivity index (χ0) is 26.1. The van der Waals surface area contributed by atoms with Crippen molar-refractivity contribution in [1.29, 1.82) is 5.26 Å². The van der Waals surface area contributed by atoms with E-state index < -0.39 is 5.76 Å². The molecule has 3 aromatic rings. The summed E-state index contributed by atoms with van der Waals surface area (Å²) in [4.78, 5) is 56.1. The number of nitrogens with one attached hydrogen (secondary N) is 2. The van der Waals surface area contributed by atoms with Crippen LogP contribution in [0.1, 0.15) is 52.7 Å². The van der Waals surface area contributed by atoms with Gasteiger partial charge in [0.05, 0.1) is 17.1 Å². The van der Waals surface area contributed by atoms with Gasteiger partial charge in [-0.05, 0) is 67.6 Å². The lowest BCUT2D eigenvalue weighted by Crippen LogP contribution is -2.51. The molecule has 190 valence electrons. The number of ketones is 1. The molecule has 0 spiro atoms. The number of nitrogens with zero attached hydrogens (tertiary/aromatic N) is 3. The smallest absolute Gasteiger partial charge is 0.408 e. The van der Waals surface area contributed by atoms with E-state index in [-0.39, 0.29) is 36.6 Å². The maximum Gasteiger partial charge on any atom is 0.417 e. The fourth-order valence-electron chi connectivity index (χ4n) is 5.23. The lowest BCUT2D eigenvalue weighted by Gasteiger charge is -2.38. The second-order valence-corrected chi connectivity index (χ2v) is 9.52. The quantitative estimate of drug-likeness (QED) is 0.515. The Balaban J connectivity index is 1.20. The molecule has 37 heavy (non-hydrogen) atoms. The van der Waals surface area contributed by atoms with Crippen LogP contribution in [0.15, 0.2) is 39.5 Å². The fourth-order valence-corrected chi connectivity index (χ4v) is 5.23. The molecular weight excluding hydrogens is 474 g/mol. The highest BCUT2D eigenvalue weighted by Gasteiger charge is 2.33. The number of aryl methyl sites for hydroxylation is 1. The van der Waals surface area contributed by atoms with Crippen molar-refractivity contribution in [3.05, 3.63) is 63.1 Å². The van der Waals surface area contributed by atoms with E-state index >= 15 is 0 Å². The Labute approximate surface area is 212 Å². The van der Waals surface area contributed by atoms with E-state index in [2.05, 4.69) is 16.4 Å². The molecular formula is C27H27N5O5. The first kappa shape index (κ1) is 24.3. The van der Waals surface area contributed by atoms with Gasteiger partial charge in [-0.2, -0.15) is 5.26 Å². The summed E-state index contributed by atoms with van der Waals surface area (Å²) in [5, 5.41) is 12.2. The number of likely N-dealkylation sites (tertiary alicyclic amines) is 1. The minimum Gasteiger partial charge on any atom is -0.408 e. The van der Waals surface area contributed by atoms with E-state index in [1.54, 1.807) is 28.9 Å². The number of rotatable bonds is 5. The van der Waals surface area contributed by atoms with E-state index in [4.69, 9.17) is 4.42 Å². The van der Waals surface area contributed by atoms with Gasteiger partial charge in [-0.3, -0.25) is 19.5 Å². The predicted octanol–water partition coefficient (Wildman–Crippen LogP) is 3.03. The molecule has 0 atom stereocenters. The third kappa shape index (κ3) is 4.85. The zero-order valence-electron chi connectivity index (χ0n) is 20.5. The Hall–Kier alpha value is -4.39. The number of benzene rings is 2. The number of carbonyl (C=O) groups excluding carboxylic acids is 3. The number of Topliss-reactive ketones (excluding diaryl/α,β-unsaturated/α-hetero) is 1. The van der Waals surface area contributed by atoms with Crippen LogP contribution in [-0.2, 0) is 11.2 Å². The molecule has 0 radical (unpaired) electrons. The number of aromatic amines is 1. The topological polar surface area (TPSA) is 140 Å². The molecule has 10 heteroatoms. The van der Waals surface area contributed by atoms with Gasteiger partial charge in [-0.1, -0.05) is 0 Å². The average molecular weight is 502 g/mol. The molecule has 2 aromatic carbocycles. The first-order valence-electron chi connectivity index (χ1n) is 12.4. The Bertz CT molecular complexity index is 1490.